The summed E-state index contributed by atoms with van der Waals surface area (Å²) in [5.41, 5.74) is 0.375. The number of guanidine groups is 1. The van der Waals surface area contributed by atoms with E-state index in [2.05, 4.69) is 17.6 Å². The second kappa shape index (κ2) is 11.2. The van der Waals surface area contributed by atoms with Crippen molar-refractivity contribution in [1.29, 1.82) is 0 Å². The van der Waals surface area contributed by atoms with Crippen LogP contribution in [0.25, 0.3) is 0 Å². The van der Waals surface area contributed by atoms with Gasteiger partial charge in [0.2, 0.25) is 10.0 Å². The lowest BCUT2D eigenvalue weighted by molar-refractivity contribution is 0.139. The number of nitrogens with zero attached hydrogens (tertiary/aromatic N) is 2. The zero-order chi connectivity index (χ0) is 17.5. The van der Waals surface area contributed by atoms with Gasteiger partial charge in [-0.3, -0.25) is 4.99 Å². The molecule has 1 heterocycles. The zero-order valence-corrected chi connectivity index (χ0v) is 19.4. The molecule has 2 fully saturated rings. The molecule has 6 nitrogen and oxygen atoms in total. The molecule has 1 saturated heterocycles. The van der Waals surface area contributed by atoms with Gasteiger partial charge in [0.25, 0.3) is 0 Å². The highest BCUT2D eigenvalue weighted by Gasteiger charge is 2.34. The van der Waals surface area contributed by atoms with E-state index in [4.69, 9.17) is 4.99 Å². The highest BCUT2D eigenvalue weighted by molar-refractivity contribution is 14.0. The fourth-order valence-corrected chi connectivity index (χ4v) is 5.63. The van der Waals surface area contributed by atoms with E-state index in [0.29, 0.717) is 25.0 Å². The Balaban J connectivity index is 0.00000312. The average Bonchev–Trinajstić information content (AvgIpc) is 2.55. The van der Waals surface area contributed by atoms with E-state index in [-0.39, 0.29) is 29.7 Å². The van der Waals surface area contributed by atoms with Gasteiger partial charge in [0.05, 0.1) is 5.75 Å². The van der Waals surface area contributed by atoms with Gasteiger partial charge >= 0.3 is 0 Å². The Morgan fingerprint density at radius 2 is 1.88 bits per heavy atom. The minimum atomic E-state index is -3.16. The van der Waals surface area contributed by atoms with E-state index in [9.17, 15) is 8.42 Å². The molecule has 0 bridgehead atoms. The van der Waals surface area contributed by atoms with Crippen LogP contribution < -0.4 is 10.6 Å². The Bertz CT molecular complexity index is 513. The molecule has 0 spiro atoms. The average molecular weight is 505 g/mol. The van der Waals surface area contributed by atoms with Crippen LogP contribution in [0.5, 0.6) is 0 Å². The van der Waals surface area contributed by atoms with Crippen LogP contribution in [-0.4, -0.2) is 68.7 Å². The van der Waals surface area contributed by atoms with Crippen LogP contribution in [-0.2, 0) is 10.0 Å². The Labute approximate surface area is 174 Å². The topological polar surface area (TPSA) is 73.8 Å². The normalized spacial score (nSPS) is 21.1. The van der Waals surface area contributed by atoms with Crippen LogP contribution in [0.15, 0.2) is 4.99 Å². The second-order valence-corrected chi connectivity index (χ2v) is 9.97. The van der Waals surface area contributed by atoms with Gasteiger partial charge in [-0.1, -0.05) is 13.3 Å². The van der Waals surface area contributed by atoms with Crippen molar-refractivity contribution in [2.24, 2.45) is 10.4 Å². The molecule has 0 aromatic carbocycles. The quantitative estimate of drug-likeness (QED) is 0.301. The summed E-state index contributed by atoms with van der Waals surface area (Å²) in [6.07, 6.45) is 4.98. The van der Waals surface area contributed by atoms with Gasteiger partial charge in [0.1, 0.15) is 0 Å². The van der Waals surface area contributed by atoms with Gasteiger partial charge in [0.15, 0.2) is 5.96 Å². The van der Waals surface area contributed by atoms with Crippen molar-refractivity contribution in [2.45, 2.75) is 39.5 Å². The molecule has 148 valence electrons. The lowest BCUT2D eigenvalue weighted by Crippen LogP contribution is -2.44. The highest BCUT2D eigenvalue weighted by Crippen LogP contribution is 2.43. The summed E-state index contributed by atoms with van der Waals surface area (Å²) in [6.45, 7) is 7.55. The monoisotopic (exact) mass is 504 g/mol. The molecule has 25 heavy (non-hydrogen) atoms. The van der Waals surface area contributed by atoms with Gasteiger partial charge in [-0.25, -0.2) is 12.7 Å². The van der Waals surface area contributed by atoms with E-state index < -0.39 is 10.0 Å². The molecule has 2 rings (SSSR count). The first-order chi connectivity index (χ1) is 11.5. The van der Waals surface area contributed by atoms with Gasteiger partial charge in [-0.05, 0) is 31.6 Å². The minimum Gasteiger partial charge on any atom is -0.357 e. The molecule has 2 N–H and O–H groups in total. The third-order valence-corrected chi connectivity index (χ3v) is 7.91. The largest absolute Gasteiger partial charge is 0.357 e. The fourth-order valence-electron chi connectivity index (χ4n) is 3.14. The first-order valence-corrected chi connectivity index (χ1v) is 11.9. The first kappa shape index (κ1) is 23.3. The highest BCUT2D eigenvalue weighted by atomic mass is 127. The molecule has 0 aromatic heterocycles. The molecule has 0 amide bonds. The molecular weight excluding hydrogens is 471 g/mol. The van der Waals surface area contributed by atoms with Crippen molar-refractivity contribution < 1.29 is 8.42 Å². The van der Waals surface area contributed by atoms with Gasteiger partial charge < -0.3 is 10.6 Å². The van der Waals surface area contributed by atoms with Crippen molar-refractivity contribution in [3.05, 3.63) is 0 Å². The maximum Gasteiger partial charge on any atom is 0.215 e. The number of sulfonamides is 1. The number of hydrogen-bond donors (Lipinski definition) is 2. The van der Waals surface area contributed by atoms with Crippen molar-refractivity contribution in [2.75, 3.05) is 50.0 Å². The molecule has 9 heteroatoms. The predicted molar refractivity (Wildman–Crippen MR) is 119 cm³/mol. The summed E-state index contributed by atoms with van der Waals surface area (Å²) in [5.74, 6) is 2.66. The van der Waals surface area contributed by atoms with Crippen molar-refractivity contribution in [3.63, 3.8) is 0 Å². The van der Waals surface area contributed by atoms with Gasteiger partial charge in [-0.15, -0.1) is 24.0 Å². The summed E-state index contributed by atoms with van der Waals surface area (Å²) < 4.78 is 26.3. The third kappa shape index (κ3) is 7.06. The summed E-state index contributed by atoms with van der Waals surface area (Å²) in [4.78, 5) is 4.69. The van der Waals surface area contributed by atoms with E-state index >= 15 is 0 Å². The molecule has 1 aliphatic heterocycles. The Hall–Kier alpha value is 0.260. The van der Waals surface area contributed by atoms with E-state index in [1.54, 1.807) is 4.31 Å². The maximum atomic E-state index is 12.4. The summed E-state index contributed by atoms with van der Waals surface area (Å²) in [7, 11) is -3.16. The van der Waals surface area contributed by atoms with Crippen LogP contribution in [0.1, 0.15) is 39.5 Å². The predicted octanol–water partition coefficient (Wildman–Crippen LogP) is 2.12. The summed E-state index contributed by atoms with van der Waals surface area (Å²) >= 11 is 1.82. The smallest absolute Gasteiger partial charge is 0.215 e. The van der Waals surface area contributed by atoms with Crippen LogP contribution in [0, 0.1) is 5.41 Å². The fraction of sp³-hybridized carbons (Fsp3) is 0.938. The van der Waals surface area contributed by atoms with Gasteiger partial charge in [-0.2, -0.15) is 11.8 Å². The molecule has 0 radical (unpaired) electrons. The number of aliphatic imine (C=N–C) groups is 1. The van der Waals surface area contributed by atoms with Gasteiger partial charge in [0, 0.05) is 44.2 Å². The standard InChI is InChI=1S/C16H32N4O2S2.HI/c1-3-16(6-5-7-16)14-19-15(17-4-2)18-8-13-24(21,22)20-9-11-23-12-10-20;/h3-14H2,1-2H3,(H2,17,18,19);1H. The summed E-state index contributed by atoms with van der Waals surface area (Å²) in [5, 5.41) is 6.41. The van der Waals surface area contributed by atoms with Crippen molar-refractivity contribution in [3.8, 4) is 0 Å². The summed E-state index contributed by atoms with van der Waals surface area (Å²) in [6, 6.07) is 0. The van der Waals surface area contributed by atoms with E-state index in [0.717, 1.165) is 37.0 Å². The number of nitrogens with one attached hydrogen (secondary N) is 2. The van der Waals surface area contributed by atoms with Crippen LogP contribution in [0.3, 0.4) is 0 Å². The molecular formula is C16H33IN4O2S2. The van der Waals surface area contributed by atoms with Crippen LogP contribution in [0.2, 0.25) is 0 Å². The SMILES string of the molecule is CCNC(=NCC1(CC)CCC1)NCCS(=O)(=O)N1CCSCC1.I. The zero-order valence-electron chi connectivity index (χ0n) is 15.4. The van der Waals surface area contributed by atoms with E-state index in [1.807, 2.05) is 18.7 Å². The number of halogens is 1. The van der Waals surface area contributed by atoms with E-state index in [1.165, 1.54) is 19.3 Å². The molecule has 0 atom stereocenters. The van der Waals surface area contributed by atoms with Crippen LogP contribution in [0.4, 0.5) is 0 Å². The maximum absolute atomic E-state index is 12.4. The molecule has 2 aliphatic rings. The number of rotatable bonds is 8. The molecule has 0 aromatic rings. The third-order valence-electron chi connectivity index (χ3n) is 5.10. The van der Waals surface area contributed by atoms with Crippen molar-refractivity contribution >= 4 is 51.7 Å². The second-order valence-electron chi connectivity index (χ2n) is 6.66. The first-order valence-electron chi connectivity index (χ1n) is 9.09. The Kier molecular flexibility index (Phi) is 10.4. The Morgan fingerprint density at radius 3 is 2.40 bits per heavy atom. The number of thioether (sulfide) groups is 1. The molecule has 1 saturated carbocycles. The van der Waals surface area contributed by atoms with Crippen molar-refractivity contribution in [1.82, 2.24) is 14.9 Å². The molecule has 1 aliphatic carbocycles. The molecule has 0 unspecified atom stereocenters. The lowest BCUT2D eigenvalue weighted by Gasteiger charge is -2.40. The van der Waals surface area contributed by atoms with Crippen LogP contribution >= 0.6 is 35.7 Å². The minimum absolute atomic E-state index is 0. The lowest BCUT2D eigenvalue weighted by atomic mass is 9.67. The number of hydrogen-bond acceptors (Lipinski definition) is 4. The Morgan fingerprint density at radius 1 is 1.20 bits per heavy atom.